The van der Waals surface area contributed by atoms with Gasteiger partial charge in [0.25, 0.3) is 5.91 Å². The second kappa shape index (κ2) is 15.5. The van der Waals surface area contributed by atoms with E-state index >= 15 is 0 Å². The minimum atomic E-state index is -3.38. The number of nitrogens with one attached hydrogen (secondary N) is 1. The van der Waals surface area contributed by atoms with Gasteiger partial charge in [0.15, 0.2) is 0 Å². The van der Waals surface area contributed by atoms with Crippen LogP contribution in [0.5, 0.6) is 17.2 Å². The lowest BCUT2D eigenvalue weighted by atomic mass is 10.1. The third-order valence-electron chi connectivity index (χ3n) is 6.20. The summed E-state index contributed by atoms with van der Waals surface area (Å²) in [6, 6.07) is 16.6. The number of carbonyl (C=O) groups is 3. The first-order valence-electron chi connectivity index (χ1n) is 13.8. The number of carboxylic acids is 1. The van der Waals surface area contributed by atoms with Gasteiger partial charge in [0.05, 0.1) is 12.2 Å². The summed E-state index contributed by atoms with van der Waals surface area (Å²) in [7, 11) is 0. The van der Waals surface area contributed by atoms with Crippen LogP contribution in [0.4, 0.5) is 8.78 Å². The van der Waals surface area contributed by atoms with Gasteiger partial charge in [-0.1, -0.05) is 44.7 Å². The summed E-state index contributed by atoms with van der Waals surface area (Å²) in [4.78, 5) is 36.9. The van der Waals surface area contributed by atoms with E-state index in [1.807, 2.05) is 0 Å². The Balaban J connectivity index is 1.50. The lowest BCUT2D eigenvalue weighted by Gasteiger charge is -2.16. The van der Waals surface area contributed by atoms with Gasteiger partial charge in [0.2, 0.25) is 0 Å². The number of alkyl halides is 2. The van der Waals surface area contributed by atoms with Crippen LogP contribution < -0.4 is 19.5 Å². The number of unbranched alkanes of at least 4 members (excludes halogenated alkanes) is 4. The van der Waals surface area contributed by atoms with Crippen LogP contribution in [0.3, 0.4) is 0 Å². The smallest absolute Gasteiger partial charge is 0.394 e. The highest BCUT2D eigenvalue weighted by molar-refractivity contribution is 5.96. The topological polar surface area (TPSA) is 111 Å². The van der Waals surface area contributed by atoms with Gasteiger partial charge in [-0.3, -0.25) is 4.79 Å². The molecule has 0 heterocycles. The number of aliphatic carboxylic acids is 1. The van der Waals surface area contributed by atoms with Gasteiger partial charge in [-0.25, -0.2) is 9.59 Å². The fraction of sp³-hybridized carbons (Fsp3) is 0.344. The molecule has 3 rings (SSSR count). The molecular weight excluding hydrogens is 548 g/mol. The molecule has 1 atom stereocenters. The first kappa shape index (κ1) is 32.0. The van der Waals surface area contributed by atoms with Crippen molar-refractivity contribution in [1.29, 1.82) is 0 Å². The van der Waals surface area contributed by atoms with E-state index < -0.39 is 30.0 Å². The Morgan fingerprint density at radius 1 is 0.810 bits per heavy atom. The third kappa shape index (κ3) is 10.8. The van der Waals surface area contributed by atoms with Crippen molar-refractivity contribution in [1.82, 2.24) is 5.32 Å². The summed E-state index contributed by atoms with van der Waals surface area (Å²) in [5, 5.41) is 12.0. The number of hydrogen-bond donors (Lipinski definition) is 2. The van der Waals surface area contributed by atoms with Crippen molar-refractivity contribution < 1.29 is 42.5 Å². The monoisotopic (exact) mass is 583 g/mol. The molecule has 0 saturated carbocycles. The molecule has 0 aromatic heterocycles. The average Bonchev–Trinajstić information content (AvgIpc) is 2.95. The predicted octanol–water partition coefficient (Wildman–Crippen LogP) is 6.67. The maximum Gasteiger partial charge on any atom is 0.394 e. The zero-order valence-electron chi connectivity index (χ0n) is 23.6. The molecule has 0 aliphatic heterocycles. The number of ether oxygens (including phenoxy) is 3. The molecule has 0 spiro atoms. The van der Waals surface area contributed by atoms with E-state index in [1.54, 1.807) is 36.4 Å². The van der Waals surface area contributed by atoms with E-state index in [4.69, 9.17) is 9.47 Å². The van der Waals surface area contributed by atoms with Gasteiger partial charge in [0, 0.05) is 18.9 Å². The number of rotatable bonds is 16. The molecule has 0 aliphatic carbocycles. The molecule has 3 aromatic rings. The standard InChI is InChI=1S/C32H35F2NO7/c1-3-4-5-6-7-20-40-25-16-12-24(13-17-25)31(39)41-26-14-8-22(9-15-26)21-28(30(37)38)35-29(36)23-10-18-27(19-11-23)42-32(2,33)34/h8-19,28H,3-7,20-21H2,1-2H3,(H,35,36)(H,37,38)/t28-/m0/s1. The first-order valence-corrected chi connectivity index (χ1v) is 13.8. The number of hydrogen-bond acceptors (Lipinski definition) is 6. The molecule has 0 bridgehead atoms. The van der Waals surface area contributed by atoms with Crippen LogP contribution in [0.1, 0.15) is 72.2 Å². The Morgan fingerprint density at radius 3 is 1.98 bits per heavy atom. The van der Waals surface area contributed by atoms with Crippen molar-refractivity contribution in [2.75, 3.05) is 6.61 Å². The maximum absolute atomic E-state index is 13.0. The Labute approximate surface area is 243 Å². The van der Waals surface area contributed by atoms with Crippen LogP contribution >= 0.6 is 0 Å². The van der Waals surface area contributed by atoms with E-state index in [1.165, 1.54) is 55.7 Å². The fourth-order valence-electron chi connectivity index (χ4n) is 4.00. The van der Waals surface area contributed by atoms with Crippen LogP contribution in [-0.2, 0) is 11.2 Å². The molecular formula is C32H35F2NO7. The van der Waals surface area contributed by atoms with Crippen molar-refractivity contribution in [3.8, 4) is 17.2 Å². The molecule has 224 valence electrons. The van der Waals surface area contributed by atoms with Gasteiger partial charge < -0.3 is 24.6 Å². The minimum absolute atomic E-state index is 0.0430. The van der Waals surface area contributed by atoms with E-state index in [0.29, 0.717) is 30.4 Å². The number of esters is 1. The molecule has 0 aliphatic rings. The normalized spacial score (nSPS) is 11.8. The molecule has 0 unspecified atom stereocenters. The molecule has 0 radical (unpaired) electrons. The average molecular weight is 584 g/mol. The van der Waals surface area contributed by atoms with Gasteiger partial charge in [0.1, 0.15) is 23.3 Å². The van der Waals surface area contributed by atoms with E-state index in [2.05, 4.69) is 17.0 Å². The zero-order chi connectivity index (χ0) is 30.5. The van der Waals surface area contributed by atoms with Gasteiger partial charge >= 0.3 is 18.0 Å². The Morgan fingerprint density at radius 2 is 1.38 bits per heavy atom. The van der Waals surface area contributed by atoms with Crippen LogP contribution in [0.25, 0.3) is 0 Å². The lowest BCUT2D eigenvalue weighted by Crippen LogP contribution is -2.42. The molecule has 3 aromatic carbocycles. The molecule has 1 amide bonds. The molecule has 42 heavy (non-hydrogen) atoms. The number of carbonyl (C=O) groups excluding carboxylic acids is 2. The number of halogens is 2. The number of amides is 1. The summed E-state index contributed by atoms with van der Waals surface area (Å²) < 4.78 is 41.5. The first-order chi connectivity index (χ1) is 20.0. The Bertz CT molecular complexity index is 1300. The quantitative estimate of drug-likeness (QED) is 0.110. The van der Waals surface area contributed by atoms with Crippen molar-refractivity contribution >= 4 is 17.8 Å². The highest BCUT2D eigenvalue weighted by Gasteiger charge is 2.24. The van der Waals surface area contributed by atoms with Gasteiger partial charge in [-0.2, -0.15) is 8.78 Å². The fourth-order valence-corrected chi connectivity index (χ4v) is 4.00. The van der Waals surface area contributed by atoms with Crippen molar-refractivity contribution in [3.05, 3.63) is 89.5 Å². The van der Waals surface area contributed by atoms with Crippen molar-refractivity contribution in [2.24, 2.45) is 0 Å². The van der Waals surface area contributed by atoms with E-state index in [9.17, 15) is 28.3 Å². The maximum atomic E-state index is 13.0. The molecule has 10 heteroatoms. The minimum Gasteiger partial charge on any atom is -0.494 e. The molecule has 8 nitrogen and oxygen atoms in total. The summed E-state index contributed by atoms with van der Waals surface area (Å²) in [5.74, 6) is -1.68. The van der Waals surface area contributed by atoms with Crippen LogP contribution in [-0.4, -0.2) is 41.7 Å². The summed E-state index contributed by atoms with van der Waals surface area (Å²) in [5.41, 5.74) is 1.01. The van der Waals surface area contributed by atoms with Crippen LogP contribution in [0.2, 0.25) is 0 Å². The van der Waals surface area contributed by atoms with E-state index in [0.717, 1.165) is 12.8 Å². The van der Waals surface area contributed by atoms with Crippen LogP contribution in [0.15, 0.2) is 72.8 Å². The molecule has 0 fully saturated rings. The van der Waals surface area contributed by atoms with E-state index in [-0.39, 0.29) is 23.5 Å². The third-order valence-corrected chi connectivity index (χ3v) is 6.20. The highest BCUT2D eigenvalue weighted by Crippen LogP contribution is 2.22. The van der Waals surface area contributed by atoms with Crippen LogP contribution in [0, 0.1) is 0 Å². The summed E-state index contributed by atoms with van der Waals surface area (Å²) in [6.07, 6.45) is 2.30. The summed E-state index contributed by atoms with van der Waals surface area (Å²) in [6.45, 7) is 3.38. The predicted molar refractivity (Wildman–Crippen MR) is 152 cm³/mol. The summed E-state index contributed by atoms with van der Waals surface area (Å²) >= 11 is 0. The van der Waals surface area contributed by atoms with Gasteiger partial charge in [-0.15, -0.1) is 0 Å². The van der Waals surface area contributed by atoms with Gasteiger partial charge in [-0.05, 0) is 72.6 Å². The van der Waals surface area contributed by atoms with Crippen molar-refractivity contribution in [3.63, 3.8) is 0 Å². The number of carboxylic acid groups (broad SMARTS) is 1. The largest absolute Gasteiger partial charge is 0.494 e. The Kier molecular flexibility index (Phi) is 11.8. The second-order valence-corrected chi connectivity index (χ2v) is 9.82. The second-order valence-electron chi connectivity index (χ2n) is 9.82. The number of benzene rings is 3. The highest BCUT2D eigenvalue weighted by atomic mass is 19.3. The SMILES string of the molecule is CCCCCCCOc1ccc(C(=O)Oc2ccc(C[C@H](NC(=O)c3ccc(OC(C)(F)F)cc3)C(=O)O)cc2)cc1. The molecule has 0 saturated heterocycles. The van der Waals surface area contributed by atoms with Crippen molar-refractivity contribution in [2.45, 2.75) is 64.5 Å². The Hall–Kier alpha value is -4.47. The molecule has 2 N–H and O–H groups in total. The zero-order valence-corrected chi connectivity index (χ0v) is 23.6. The lowest BCUT2D eigenvalue weighted by molar-refractivity contribution is -0.159.